The number of amides is 1. The highest BCUT2D eigenvalue weighted by molar-refractivity contribution is 5.97. The van der Waals surface area contributed by atoms with Gasteiger partial charge in [0, 0.05) is 22.6 Å². The molecule has 0 saturated heterocycles. The lowest BCUT2D eigenvalue weighted by Gasteiger charge is -2.11. The number of aromatic nitrogens is 1. The van der Waals surface area contributed by atoms with Gasteiger partial charge in [-0.3, -0.25) is 4.79 Å². The van der Waals surface area contributed by atoms with Crippen LogP contribution in [0, 0.1) is 13.8 Å². The van der Waals surface area contributed by atoms with E-state index < -0.39 is 5.91 Å². The van der Waals surface area contributed by atoms with Crippen molar-refractivity contribution in [2.24, 2.45) is 5.10 Å². The minimum atomic E-state index is -0.500. The summed E-state index contributed by atoms with van der Waals surface area (Å²) in [6.07, 6.45) is 1.55. The average molecular weight is 405 g/mol. The lowest BCUT2D eigenvalue weighted by molar-refractivity contribution is 0.0526. The van der Waals surface area contributed by atoms with Gasteiger partial charge in [-0.05, 0) is 57.2 Å². The molecule has 3 aromatic rings. The number of rotatable bonds is 6. The molecule has 7 nitrogen and oxygen atoms in total. The second kappa shape index (κ2) is 9.09. The molecule has 7 heteroatoms. The van der Waals surface area contributed by atoms with Gasteiger partial charge in [-0.1, -0.05) is 18.2 Å². The van der Waals surface area contributed by atoms with Gasteiger partial charge in [-0.2, -0.15) is 5.10 Å². The van der Waals surface area contributed by atoms with E-state index in [4.69, 9.17) is 4.74 Å². The Bertz CT molecular complexity index is 1120. The summed E-state index contributed by atoms with van der Waals surface area (Å²) in [5, 5.41) is 13.8. The molecule has 0 fully saturated rings. The SMILES string of the molecule is CCOC(=O)c1cccc(-n2c(C)cc(/C=N/NC(=O)c3ccccc3O)c2C)c1. The Labute approximate surface area is 174 Å². The van der Waals surface area contributed by atoms with Crippen molar-refractivity contribution in [3.05, 3.63) is 82.7 Å². The van der Waals surface area contributed by atoms with Crippen LogP contribution in [0.25, 0.3) is 5.69 Å². The van der Waals surface area contributed by atoms with Gasteiger partial charge in [0.1, 0.15) is 5.75 Å². The second-order valence-electron chi connectivity index (χ2n) is 6.65. The molecule has 1 aromatic heterocycles. The molecule has 0 aliphatic carbocycles. The van der Waals surface area contributed by atoms with Crippen LogP contribution in [0.1, 0.15) is 44.6 Å². The van der Waals surface area contributed by atoms with Crippen molar-refractivity contribution >= 4 is 18.1 Å². The number of nitrogens with one attached hydrogen (secondary N) is 1. The van der Waals surface area contributed by atoms with E-state index in [1.165, 1.54) is 12.1 Å². The largest absolute Gasteiger partial charge is 0.507 e. The van der Waals surface area contributed by atoms with E-state index in [2.05, 4.69) is 10.5 Å². The fourth-order valence-electron chi connectivity index (χ4n) is 3.19. The average Bonchev–Trinajstić information content (AvgIpc) is 3.01. The van der Waals surface area contributed by atoms with Crippen molar-refractivity contribution in [3.8, 4) is 11.4 Å². The quantitative estimate of drug-likeness (QED) is 0.371. The molecule has 30 heavy (non-hydrogen) atoms. The molecule has 0 unspecified atom stereocenters. The zero-order chi connectivity index (χ0) is 21.7. The predicted octanol–water partition coefficient (Wildman–Crippen LogP) is 3.74. The normalized spacial score (nSPS) is 10.9. The minimum absolute atomic E-state index is 0.107. The summed E-state index contributed by atoms with van der Waals surface area (Å²) in [5.41, 5.74) is 6.53. The van der Waals surface area contributed by atoms with Crippen LogP contribution in [0.2, 0.25) is 0 Å². The van der Waals surface area contributed by atoms with Gasteiger partial charge >= 0.3 is 5.97 Å². The van der Waals surface area contributed by atoms with E-state index in [0.717, 1.165) is 22.6 Å². The Kier molecular flexibility index (Phi) is 6.32. The number of hydrazone groups is 1. The summed E-state index contributed by atoms with van der Waals surface area (Å²) in [6.45, 7) is 5.96. The third-order valence-electron chi connectivity index (χ3n) is 4.60. The molecule has 0 atom stereocenters. The minimum Gasteiger partial charge on any atom is -0.507 e. The molecule has 0 saturated carbocycles. The standard InChI is InChI=1S/C23H23N3O4/c1-4-30-23(29)17-8-7-9-19(13-17)26-15(2)12-18(16(26)3)14-24-25-22(28)20-10-5-6-11-21(20)27/h5-14,27H,4H2,1-3H3,(H,25,28)/b24-14+. The summed E-state index contributed by atoms with van der Waals surface area (Å²) in [6, 6.07) is 15.4. The number of nitrogens with zero attached hydrogens (tertiary/aromatic N) is 2. The summed E-state index contributed by atoms with van der Waals surface area (Å²) in [4.78, 5) is 24.2. The molecule has 0 bridgehead atoms. The van der Waals surface area contributed by atoms with Crippen molar-refractivity contribution in [2.75, 3.05) is 6.61 Å². The predicted molar refractivity (Wildman–Crippen MR) is 114 cm³/mol. The number of carbonyl (C=O) groups is 2. The number of carbonyl (C=O) groups excluding carboxylic acids is 2. The van der Waals surface area contributed by atoms with Crippen LogP contribution in [-0.2, 0) is 4.74 Å². The Balaban J connectivity index is 1.82. The molecule has 2 N–H and O–H groups in total. The molecule has 0 aliphatic rings. The van der Waals surface area contributed by atoms with Gasteiger partial charge in [-0.15, -0.1) is 0 Å². The fraction of sp³-hybridized carbons (Fsp3) is 0.174. The van der Waals surface area contributed by atoms with Crippen molar-refractivity contribution in [1.82, 2.24) is 9.99 Å². The monoisotopic (exact) mass is 405 g/mol. The fourth-order valence-corrected chi connectivity index (χ4v) is 3.19. The van der Waals surface area contributed by atoms with Gasteiger partial charge in [-0.25, -0.2) is 10.2 Å². The number of para-hydroxylation sites is 1. The first-order chi connectivity index (χ1) is 14.4. The van der Waals surface area contributed by atoms with Gasteiger partial charge in [0.15, 0.2) is 0 Å². The number of aromatic hydroxyl groups is 1. The molecule has 0 aliphatic heterocycles. The summed E-state index contributed by atoms with van der Waals surface area (Å²) in [7, 11) is 0. The molecular weight excluding hydrogens is 382 g/mol. The first kappa shape index (κ1) is 20.9. The van der Waals surface area contributed by atoms with Crippen LogP contribution in [0.4, 0.5) is 0 Å². The van der Waals surface area contributed by atoms with Crippen LogP contribution < -0.4 is 5.43 Å². The zero-order valence-corrected chi connectivity index (χ0v) is 17.0. The lowest BCUT2D eigenvalue weighted by atomic mass is 10.2. The van der Waals surface area contributed by atoms with Crippen LogP contribution in [0.3, 0.4) is 0 Å². The topological polar surface area (TPSA) is 92.9 Å². The number of aryl methyl sites for hydroxylation is 1. The number of esters is 1. The number of hydrogen-bond donors (Lipinski definition) is 2. The highest BCUT2D eigenvalue weighted by Crippen LogP contribution is 2.21. The maximum Gasteiger partial charge on any atom is 0.338 e. The van der Waals surface area contributed by atoms with Gasteiger partial charge < -0.3 is 14.4 Å². The van der Waals surface area contributed by atoms with Crippen molar-refractivity contribution in [3.63, 3.8) is 0 Å². The number of ether oxygens (including phenoxy) is 1. The Morgan fingerprint density at radius 3 is 2.63 bits per heavy atom. The van der Waals surface area contributed by atoms with Crippen molar-refractivity contribution in [2.45, 2.75) is 20.8 Å². The molecule has 0 spiro atoms. The maximum absolute atomic E-state index is 12.2. The van der Waals surface area contributed by atoms with E-state index in [9.17, 15) is 14.7 Å². The second-order valence-corrected chi connectivity index (χ2v) is 6.65. The zero-order valence-electron chi connectivity index (χ0n) is 17.0. The molecular formula is C23H23N3O4. The van der Waals surface area contributed by atoms with Gasteiger partial charge in [0.25, 0.3) is 5.91 Å². The summed E-state index contributed by atoms with van der Waals surface area (Å²) < 4.78 is 7.07. The Morgan fingerprint density at radius 1 is 1.13 bits per heavy atom. The third-order valence-corrected chi connectivity index (χ3v) is 4.60. The molecule has 3 rings (SSSR count). The van der Waals surface area contributed by atoms with Crippen LogP contribution in [0.15, 0.2) is 59.7 Å². The highest BCUT2D eigenvalue weighted by Gasteiger charge is 2.13. The van der Waals surface area contributed by atoms with E-state index in [1.54, 1.807) is 43.5 Å². The summed E-state index contributed by atoms with van der Waals surface area (Å²) >= 11 is 0. The maximum atomic E-state index is 12.2. The highest BCUT2D eigenvalue weighted by atomic mass is 16.5. The van der Waals surface area contributed by atoms with Crippen LogP contribution in [-0.4, -0.2) is 34.4 Å². The first-order valence-corrected chi connectivity index (χ1v) is 9.50. The Hall–Kier alpha value is -3.87. The first-order valence-electron chi connectivity index (χ1n) is 9.50. The number of phenolic OH excluding ortho intramolecular Hbond substituents is 1. The number of phenols is 1. The van der Waals surface area contributed by atoms with Crippen molar-refractivity contribution in [1.29, 1.82) is 0 Å². The summed E-state index contributed by atoms with van der Waals surface area (Å²) in [5.74, 6) is -0.972. The third kappa shape index (κ3) is 4.41. The van der Waals surface area contributed by atoms with Crippen molar-refractivity contribution < 1.29 is 19.4 Å². The molecule has 1 heterocycles. The van der Waals surface area contributed by atoms with Gasteiger partial charge in [0.05, 0.1) is 23.9 Å². The molecule has 1 amide bonds. The van der Waals surface area contributed by atoms with E-state index in [0.29, 0.717) is 12.2 Å². The van der Waals surface area contributed by atoms with Crippen LogP contribution >= 0.6 is 0 Å². The van der Waals surface area contributed by atoms with Gasteiger partial charge in [0.2, 0.25) is 0 Å². The molecule has 154 valence electrons. The smallest absolute Gasteiger partial charge is 0.338 e. The molecule has 0 radical (unpaired) electrons. The number of benzene rings is 2. The Morgan fingerprint density at radius 2 is 1.90 bits per heavy atom. The van der Waals surface area contributed by atoms with E-state index in [1.807, 2.05) is 30.5 Å². The lowest BCUT2D eigenvalue weighted by Crippen LogP contribution is -2.17. The van der Waals surface area contributed by atoms with E-state index >= 15 is 0 Å². The number of hydrogen-bond acceptors (Lipinski definition) is 5. The van der Waals surface area contributed by atoms with E-state index in [-0.39, 0.29) is 17.3 Å². The molecule has 2 aromatic carbocycles. The van der Waals surface area contributed by atoms with Crippen LogP contribution in [0.5, 0.6) is 5.75 Å².